The first-order valence-electron chi connectivity index (χ1n) is 6.48. The van der Waals surface area contributed by atoms with E-state index in [1.165, 1.54) is 23.1 Å². The average Bonchev–Trinajstić information content (AvgIpc) is 2.80. The van der Waals surface area contributed by atoms with Gasteiger partial charge in [0.15, 0.2) is 5.13 Å². The van der Waals surface area contributed by atoms with Gasteiger partial charge in [-0.2, -0.15) is 0 Å². The van der Waals surface area contributed by atoms with Crippen LogP contribution in [0.25, 0.3) is 0 Å². The summed E-state index contributed by atoms with van der Waals surface area (Å²) >= 11 is 14.7. The summed E-state index contributed by atoms with van der Waals surface area (Å²) in [4.78, 5) is 27.2. The smallest absolute Gasteiger partial charge is 0.230 e. The van der Waals surface area contributed by atoms with E-state index in [4.69, 9.17) is 28.9 Å². The average molecular weight is 390 g/mol. The van der Waals surface area contributed by atoms with Gasteiger partial charge in [0.05, 0.1) is 22.1 Å². The molecule has 1 aromatic carbocycles. The summed E-state index contributed by atoms with van der Waals surface area (Å²) in [5.74, 6) is -0.493. The number of carbonyl (C=O) groups is 2. The first-order valence-corrected chi connectivity index (χ1v) is 9.04. The Morgan fingerprint density at radius 1 is 1.35 bits per heavy atom. The second-order valence-corrected chi connectivity index (χ2v) is 7.63. The Kier molecular flexibility index (Phi) is 6.29. The number of nitrogens with one attached hydrogen (secondary N) is 1. The molecular weight excluding hydrogens is 377 g/mol. The van der Waals surface area contributed by atoms with Crippen LogP contribution in [0.2, 0.25) is 10.0 Å². The Hall–Kier alpha value is -1.28. The highest BCUT2D eigenvalue weighted by atomic mass is 35.5. The lowest BCUT2D eigenvalue weighted by Gasteiger charge is -2.06. The van der Waals surface area contributed by atoms with Crippen LogP contribution in [-0.2, 0) is 16.0 Å². The van der Waals surface area contributed by atoms with Crippen molar-refractivity contribution < 1.29 is 9.59 Å². The number of primary amides is 1. The lowest BCUT2D eigenvalue weighted by molar-refractivity contribution is -0.116. The molecule has 0 aliphatic carbocycles. The topological polar surface area (TPSA) is 85.1 Å². The summed E-state index contributed by atoms with van der Waals surface area (Å²) in [6.07, 6.45) is 0.0564. The lowest BCUT2D eigenvalue weighted by Crippen LogP contribution is -2.14. The van der Waals surface area contributed by atoms with Gasteiger partial charge in [0.25, 0.3) is 0 Å². The van der Waals surface area contributed by atoms with E-state index < -0.39 is 5.91 Å². The van der Waals surface area contributed by atoms with E-state index in [2.05, 4.69) is 10.3 Å². The number of nitrogens with zero attached hydrogens (tertiary/aromatic N) is 1. The maximum atomic E-state index is 12.1. The van der Waals surface area contributed by atoms with Crippen molar-refractivity contribution in [3.63, 3.8) is 0 Å². The number of rotatable bonds is 6. The molecule has 2 aromatic rings. The molecule has 0 bridgehead atoms. The molecular formula is C14H13Cl2N3O2S2. The molecule has 0 atom stereocenters. The first kappa shape index (κ1) is 18.1. The number of aryl methyl sites for hydroxylation is 1. The number of halogens is 2. The Bertz CT molecular complexity index is 729. The van der Waals surface area contributed by atoms with Crippen molar-refractivity contribution in [3.05, 3.63) is 39.5 Å². The summed E-state index contributed by atoms with van der Waals surface area (Å²) < 4.78 is 0.842. The monoisotopic (exact) mass is 389 g/mol. The van der Waals surface area contributed by atoms with Crippen LogP contribution in [-0.4, -0.2) is 22.6 Å². The fourth-order valence-electron chi connectivity index (χ4n) is 1.73. The minimum atomic E-state index is -0.401. The Morgan fingerprint density at radius 2 is 2.00 bits per heavy atom. The zero-order valence-electron chi connectivity index (χ0n) is 12.1. The molecule has 1 heterocycles. The lowest BCUT2D eigenvalue weighted by atomic mass is 10.1. The second-order valence-electron chi connectivity index (χ2n) is 4.57. The molecule has 0 radical (unpaired) electrons. The molecule has 1 aromatic heterocycles. The van der Waals surface area contributed by atoms with Crippen LogP contribution in [0.5, 0.6) is 0 Å². The first-order chi connectivity index (χ1) is 10.9. The van der Waals surface area contributed by atoms with Crippen LogP contribution in [0.1, 0.15) is 11.3 Å². The van der Waals surface area contributed by atoms with Crippen LogP contribution in [0, 0.1) is 6.92 Å². The molecule has 0 aliphatic rings. The third-order valence-electron chi connectivity index (χ3n) is 2.74. The van der Waals surface area contributed by atoms with Crippen molar-refractivity contribution in [2.45, 2.75) is 17.6 Å². The second kappa shape index (κ2) is 8.01. The highest BCUT2D eigenvalue weighted by molar-refractivity contribution is 8.01. The Morgan fingerprint density at radius 3 is 2.61 bits per heavy atom. The van der Waals surface area contributed by atoms with E-state index in [9.17, 15) is 9.59 Å². The minimum Gasteiger partial charge on any atom is -0.369 e. The van der Waals surface area contributed by atoms with Gasteiger partial charge in [-0.15, -0.1) is 11.8 Å². The SMILES string of the molecule is Cc1nc(NC(=O)Cc2c(Cl)cccc2Cl)sc1SCC(N)=O. The van der Waals surface area contributed by atoms with Gasteiger partial charge in [0, 0.05) is 10.0 Å². The fourth-order valence-corrected chi connectivity index (χ4v) is 4.16. The van der Waals surface area contributed by atoms with Crippen molar-refractivity contribution in [2.24, 2.45) is 5.73 Å². The van der Waals surface area contributed by atoms with Gasteiger partial charge in [-0.05, 0) is 24.6 Å². The van der Waals surface area contributed by atoms with Gasteiger partial charge >= 0.3 is 0 Å². The van der Waals surface area contributed by atoms with Crippen molar-refractivity contribution >= 4 is 63.2 Å². The summed E-state index contributed by atoms with van der Waals surface area (Å²) in [5, 5.41) is 4.07. The molecule has 3 N–H and O–H groups in total. The van der Waals surface area contributed by atoms with Crippen LogP contribution < -0.4 is 11.1 Å². The molecule has 0 fully saturated rings. The van der Waals surface area contributed by atoms with Crippen molar-refractivity contribution in [3.8, 4) is 0 Å². The normalized spacial score (nSPS) is 10.6. The third kappa shape index (κ3) is 5.10. The Labute approximate surface area is 151 Å². The number of anilines is 1. The number of benzene rings is 1. The van der Waals surface area contributed by atoms with Crippen LogP contribution in [0.3, 0.4) is 0 Å². The van der Waals surface area contributed by atoms with Gasteiger partial charge < -0.3 is 11.1 Å². The number of amides is 2. The van der Waals surface area contributed by atoms with Crippen LogP contribution in [0.15, 0.2) is 22.4 Å². The number of hydrogen-bond donors (Lipinski definition) is 2. The van der Waals surface area contributed by atoms with Crippen molar-refractivity contribution in [1.82, 2.24) is 4.98 Å². The van der Waals surface area contributed by atoms with E-state index in [0.29, 0.717) is 20.7 Å². The highest BCUT2D eigenvalue weighted by Crippen LogP contribution is 2.32. The van der Waals surface area contributed by atoms with Gasteiger partial charge in [0.1, 0.15) is 0 Å². The predicted octanol–water partition coefficient (Wildman–Crippen LogP) is 3.52. The number of hydrogen-bond acceptors (Lipinski definition) is 5. The van der Waals surface area contributed by atoms with E-state index in [-0.39, 0.29) is 18.1 Å². The number of aromatic nitrogens is 1. The molecule has 9 heteroatoms. The molecule has 0 spiro atoms. The van der Waals surface area contributed by atoms with Crippen molar-refractivity contribution in [1.29, 1.82) is 0 Å². The number of nitrogens with two attached hydrogens (primary N) is 1. The molecule has 0 aliphatic heterocycles. The number of thiazole rings is 1. The van der Waals surface area contributed by atoms with Crippen LogP contribution >= 0.6 is 46.3 Å². The Balaban J connectivity index is 2.03. The minimum absolute atomic E-state index is 0.0564. The summed E-state index contributed by atoms with van der Waals surface area (Å²) in [7, 11) is 0. The number of carbonyl (C=O) groups excluding carboxylic acids is 2. The molecule has 0 unspecified atom stereocenters. The maximum Gasteiger partial charge on any atom is 0.230 e. The largest absolute Gasteiger partial charge is 0.369 e. The summed E-state index contributed by atoms with van der Waals surface area (Å²) in [5.41, 5.74) is 6.44. The van der Waals surface area contributed by atoms with Crippen molar-refractivity contribution in [2.75, 3.05) is 11.1 Å². The summed E-state index contributed by atoms with van der Waals surface area (Å²) in [6.45, 7) is 1.81. The molecule has 5 nitrogen and oxygen atoms in total. The maximum absolute atomic E-state index is 12.1. The molecule has 23 heavy (non-hydrogen) atoms. The van der Waals surface area contributed by atoms with Gasteiger partial charge in [-0.25, -0.2) is 4.98 Å². The predicted molar refractivity (Wildman–Crippen MR) is 95.6 cm³/mol. The zero-order valence-corrected chi connectivity index (χ0v) is 15.2. The molecule has 0 saturated heterocycles. The molecule has 0 saturated carbocycles. The van der Waals surface area contributed by atoms with Gasteiger partial charge in [0.2, 0.25) is 11.8 Å². The zero-order chi connectivity index (χ0) is 17.0. The molecule has 2 rings (SSSR count). The van der Waals surface area contributed by atoms with E-state index in [0.717, 1.165) is 9.90 Å². The standard InChI is InChI=1S/C14H13Cl2N3O2S2/c1-7-13(22-6-11(17)20)23-14(18-7)19-12(21)5-8-9(15)3-2-4-10(8)16/h2-4H,5-6H2,1H3,(H2,17,20)(H,18,19,21). The van der Waals surface area contributed by atoms with E-state index in [1.54, 1.807) is 25.1 Å². The van der Waals surface area contributed by atoms with Gasteiger partial charge in [-0.3, -0.25) is 9.59 Å². The molecule has 2 amide bonds. The fraction of sp³-hybridized carbons (Fsp3) is 0.214. The summed E-state index contributed by atoms with van der Waals surface area (Å²) in [6, 6.07) is 5.09. The number of thioether (sulfide) groups is 1. The third-order valence-corrected chi connectivity index (χ3v) is 5.91. The van der Waals surface area contributed by atoms with Gasteiger partial charge in [-0.1, -0.05) is 40.6 Å². The quantitative estimate of drug-likeness (QED) is 0.740. The molecule has 122 valence electrons. The van der Waals surface area contributed by atoms with E-state index in [1.807, 2.05) is 0 Å². The highest BCUT2D eigenvalue weighted by Gasteiger charge is 2.14. The van der Waals surface area contributed by atoms with Crippen LogP contribution in [0.4, 0.5) is 5.13 Å². The van der Waals surface area contributed by atoms with E-state index >= 15 is 0 Å².